The van der Waals surface area contributed by atoms with Crippen LogP contribution in [0.2, 0.25) is 0 Å². The molecule has 2 fully saturated rings. The molecule has 0 spiro atoms. The van der Waals surface area contributed by atoms with Gasteiger partial charge in [-0.05, 0) is 37.7 Å². The quantitative estimate of drug-likeness (QED) is 0.530. The lowest BCUT2D eigenvalue weighted by molar-refractivity contribution is -0.196. The Hall–Kier alpha value is -2.67. The number of nitrogens with zero attached hydrogens (tertiary/aromatic N) is 4. The van der Waals surface area contributed by atoms with Gasteiger partial charge in [0, 0.05) is 20.0 Å². The summed E-state index contributed by atoms with van der Waals surface area (Å²) in [5.74, 6) is -0.125. The highest BCUT2D eigenvalue weighted by Gasteiger charge is 2.48. The number of fused-ring (bicyclic) bond motifs is 1. The highest BCUT2D eigenvalue weighted by atomic mass is 16.2. The van der Waals surface area contributed by atoms with Gasteiger partial charge >= 0.3 is 0 Å². The maximum Gasteiger partial charge on any atom is 0.245 e. The van der Waals surface area contributed by atoms with Crippen molar-refractivity contribution in [2.75, 3.05) is 26.7 Å². The lowest BCUT2D eigenvalue weighted by Gasteiger charge is -2.53. The summed E-state index contributed by atoms with van der Waals surface area (Å²) >= 11 is 0. The molecule has 4 rings (SSSR count). The van der Waals surface area contributed by atoms with Crippen LogP contribution in [0.3, 0.4) is 0 Å². The monoisotopic (exact) mass is 410 g/mol. The molecule has 0 N–H and O–H groups in total. The van der Waals surface area contributed by atoms with Gasteiger partial charge in [0.05, 0.1) is 13.1 Å². The number of amides is 3. The summed E-state index contributed by atoms with van der Waals surface area (Å²) in [4.78, 5) is 41.7. The van der Waals surface area contributed by atoms with Crippen LogP contribution in [0.25, 0.3) is 0 Å². The smallest absolute Gasteiger partial charge is 0.245 e. The maximum atomic E-state index is 13.5. The number of carbonyl (C=O) groups excluding carboxylic acids is 3. The molecule has 2 atom stereocenters. The lowest BCUT2D eigenvalue weighted by Crippen LogP contribution is -2.74. The van der Waals surface area contributed by atoms with Crippen LogP contribution in [0.15, 0.2) is 42.0 Å². The van der Waals surface area contributed by atoms with E-state index in [1.807, 2.05) is 35.2 Å². The summed E-state index contributed by atoms with van der Waals surface area (Å²) in [5, 5.41) is 3.20. The Kier molecular flexibility index (Phi) is 6.18. The Balaban J connectivity index is 1.59. The zero-order valence-electron chi connectivity index (χ0n) is 17.6. The van der Waals surface area contributed by atoms with Crippen LogP contribution in [0, 0.1) is 0 Å². The highest BCUT2D eigenvalue weighted by Crippen LogP contribution is 2.28. The molecule has 1 aromatic rings. The number of hydrazine groups is 1. The van der Waals surface area contributed by atoms with Crippen LogP contribution >= 0.6 is 0 Å². The van der Waals surface area contributed by atoms with Crippen molar-refractivity contribution in [3.05, 3.63) is 47.5 Å². The van der Waals surface area contributed by atoms with Gasteiger partial charge in [0.1, 0.15) is 12.2 Å². The van der Waals surface area contributed by atoms with E-state index in [4.69, 9.17) is 0 Å². The van der Waals surface area contributed by atoms with Crippen molar-refractivity contribution in [3.8, 4) is 0 Å². The molecule has 0 saturated carbocycles. The first-order chi connectivity index (χ1) is 14.6. The summed E-state index contributed by atoms with van der Waals surface area (Å²) in [7, 11) is 1.74. The molecule has 2 saturated heterocycles. The third-order valence-corrected chi connectivity index (χ3v) is 6.46. The molecule has 0 aromatic heterocycles. The molecule has 7 heteroatoms. The van der Waals surface area contributed by atoms with Gasteiger partial charge in [0.25, 0.3) is 0 Å². The van der Waals surface area contributed by atoms with E-state index in [-0.39, 0.29) is 18.4 Å². The second-order valence-electron chi connectivity index (χ2n) is 8.43. The molecule has 2 heterocycles. The van der Waals surface area contributed by atoms with Crippen molar-refractivity contribution >= 4 is 18.2 Å². The Labute approximate surface area is 177 Å². The molecule has 30 heavy (non-hydrogen) atoms. The third kappa shape index (κ3) is 4.12. The van der Waals surface area contributed by atoms with Crippen LogP contribution in [0.1, 0.15) is 37.7 Å². The molecular formula is C23H30N4O3. The number of benzene rings is 1. The normalized spacial score (nSPS) is 25.2. The average molecular weight is 411 g/mol. The largest absolute Gasteiger partial charge is 0.337 e. The number of carbonyl (C=O) groups is 3. The van der Waals surface area contributed by atoms with Crippen LogP contribution in [0.5, 0.6) is 0 Å². The van der Waals surface area contributed by atoms with E-state index in [0.717, 1.165) is 31.2 Å². The zero-order valence-corrected chi connectivity index (χ0v) is 17.6. The summed E-state index contributed by atoms with van der Waals surface area (Å²) in [6, 6.07) is 9.19. The molecule has 2 aliphatic heterocycles. The van der Waals surface area contributed by atoms with E-state index in [1.54, 1.807) is 22.0 Å². The summed E-state index contributed by atoms with van der Waals surface area (Å²) in [6.45, 7) is 1.08. The number of hydrogen-bond acceptors (Lipinski definition) is 4. The first kappa shape index (κ1) is 20.6. The first-order valence-electron chi connectivity index (χ1n) is 10.8. The zero-order chi connectivity index (χ0) is 21.1. The van der Waals surface area contributed by atoms with Crippen LogP contribution in [-0.4, -0.2) is 76.9 Å². The fourth-order valence-corrected chi connectivity index (χ4v) is 4.84. The second-order valence-corrected chi connectivity index (χ2v) is 8.43. The van der Waals surface area contributed by atoms with E-state index in [1.165, 1.54) is 18.4 Å². The fraction of sp³-hybridized carbons (Fsp3) is 0.522. The predicted molar refractivity (Wildman–Crippen MR) is 113 cm³/mol. The minimum atomic E-state index is -0.588. The predicted octanol–water partition coefficient (Wildman–Crippen LogP) is 1.80. The van der Waals surface area contributed by atoms with Gasteiger partial charge in [-0.1, -0.05) is 42.0 Å². The topological polar surface area (TPSA) is 64.2 Å². The molecule has 3 aliphatic rings. The minimum absolute atomic E-state index is 0.0183. The Morgan fingerprint density at radius 3 is 2.63 bits per heavy atom. The Morgan fingerprint density at radius 1 is 1.13 bits per heavy atom. The van der Waals surface area contributed by atoms with Gasteiger partial charge < -0.3 is 9.80 Å². The van der Waals surface area contributed by atoms with E-state index < -0.39 is 12.2 Å². The second kappa shape index (κ2) is 9.00. The number of likely N-dealkylation sites (N-methyl/N-ethyl adjacent to an activating group) is 1. The standard InChI is InChI=1S/C23H30N4O3/c1-24-16-22(29)27-20(14-19-10-6-3-7-11-19)23(30)25(15-21(27)26(24)17-28)13-12-18-8-4-2-5-9-18/h3,6-8,10-11,17,20-21H,2,4-5,9,12-16H2,1H3/t20-,21?/m0/s1. The molecule has 0 radical (unpaired) electrons. The SMILES string of the molecule is CN1CC(=O)N2C(CN(CCC3=CCCCC3)C(=O)[C@@H]2Cc2ccccc2)N1C=O. The van der Waals surface area contributed by atoms with E-state index in [9.17, 15) is 14.4 Å². The van der Waals surface area contributed by atoms with Crippen molar-refractivity contribution < 1.29 is 14.4 Å². The van der Waals surface area contributed by atoms with Gasteiger partial charge in [0.15, 0.2) is 0 Å². The fourth-order valence-electron chi connectivity index (χ4n) is 4.84. The van der Waals surface area contributed by atoms with Crippen molar-refractivity contribution in [3.63, 3.8) is 0 Å². The molecule has 3 amide bonds. The minimum Gasteiger partial charge on any atom is -0.337 e. The van der Waals surface area contributed by atoms with Gasteiger partial charge in [-0.25, -0.2) is 5.01 Å². The number of allylic oxidation sites excluding steroid dienone is 1. The molecular weight excluding hydrogens is 380 g/mol. The first-order valence-corrected chi connectivity index (χ1v) is 10.8. The van der Waals surface area contributed by atoms with E-state index in [0.29, 0.717) is 19.5 Å². The molecule has 7 nitrogen and oxygen atoms in total. The molecule has 1 aromatic carbocycles. The van der Waals surface area contributed by atoms with Gasteiger partial charge in [0.2, 0.25) is 18.2 Å². The van der Waals surface area contributed by atoms with Gasteiger partial charge in [-0.2, -0.15) is 0 Å². The van der Waals surface area contributed by atoms with Gasteiger partial charge in [-0.15, -0.1) is 0 Å². The van der Waals surface area contributed by atoms with Crippen molar-refractivity contribution in [1.82, 2.24) is 19.8 Å². The van der Waals surface area contributed by atoms with Crippen LogP contribution in [-0.2, 0) is 20.8 Å². The Bertz CT molecular complexity index is 825. The van der Waals surface area contributed by atoms with Crippen molar-refractivity contribution in [1.29, 1.82) is 0 Å². The summed E-state index contributed by atoms with van der Waals surface area (Å²) in [5.41, 5.74) is 2.43. The van der Waals surface area contributed by atoms with E-state index in [2.05, 4.69) is 6.08 Å². The number of piperazine rings is 1. The molecule has 160 valence electrons. The number of hydrogen-bond donors (Lipinski definition) is 0. The maximum absolute atomic E-state index is 13.5. The van der Waals surface area contributed by atoms with Crippen molar-refractivity contribution in [2.45, 2.75) is 50.7 Å². The molecule has 1 unspecified atom stereocenters. The van der Waals surface area contributed by atoms with E-state index >= 15 is 0 Å². The molecule has 1 aliphatic carbocycles. The summed E-state index contributed by atoms with van der Waals surface area (Å²) in [6.07, 6.45) is 8.61. The number of rotatable bonds is 6. The third-order valence-electron chi connectivity index (χ3n) is 6.46. The average Bonchev–Trinajstić information content (AvgIpc) is 2.76. The highest BCUT2D eigenvalue weighted by molar-refractivity contribution is 5.91. The van der Waals surface area contributed by atoms with Crippen LogP contribution < -0.4 is 0 Å². The lowest BCUT2D eigenvalue weighted by atomic mass is 9.95. The van der Waals surface area contributed by atoms with Crippen LogP contribution in [0.4, 0.5) is 0 Å². The summed E-state index contributed by atoms with van der Waals surface area (Å²) < 4.78 is 0. The van der Waals surface area contributed by atoms with Gasteiger partial charge in [-0.3, -0.25) is 19.4 Å². The van der Waals surface area contributed by atoms with Crippen molar-refractivity contribution in [2.24, 2.45) is 0 Å². The molecule has 0 bridgehead atoms. The Morgan fingerprint density at radius 2 is 1.93 bits per heavy atom.